The van der Waals surface area contributed by atoms with Crippen molar-refractivity contribution in [3.05, 3.63) is 53.8 Å². The summed E-state index contributed by atoms with van der Waals surface area (Å²) in [4.78, 5) is 14.4. The van der Waals surface area contributed by atoms with Crippen LogP contribution in [0.1, 0.15) is 37.7 Å². The van der Waals surface area contributed by atoms with Gasteiger partial charge in [0.2, 0.25) is 0 Å². The third-order valence-electron chi connectivity index (χ3n) is 9.91. The summed E-state index contributed by atoms with van der Waals surface area (Å²) >= 11 is 0. The molecule has 7 nitrogen and oxygen atoms in total. The Morgan fingerprint density at radius 2 is 1.93 bits per heavy atom. The lowest BCUT2D eigenvalue weighted by Gasteiger charge is -2.34. The van der Waals surface area contributed by atoms with Gasteiger partial charge >= 0.3 is 6.01 Å². The van der Waals surface area contributed by atoms with Crippen molar-refractivity contribution in [1.82, 2.24) is 20.2 Å². The number of hydrogen-bond acceptors (Lipinski definition) is 7. The van der Waals surface area contributed by atoms with E-state index in [0.29, 0.717) is 53.5 Å². The summed E-state index contributed by atoms with van der Waals surface area (Å²) in [7, 11) is 0. The Morgan fingerprint density at radius 3 is 2.74 bits per heavy atom. The lowest BCUT2D eigenvalue weighted by molar-refractivity contribution is 0.107. The van der Waals surface area contributed by atoms with Crippen LogP contribution >= 0.6 is 0 Å². The molecule has 5 heterocycles. The van der Waals surface area contributed by atoms with Crippen LogP contribution in [-0.4, -0.2) is 76.6 Å². The Labute approximate surface area is 248 Å². The number of phenolic OH excluding ortho intramolecular Hbond substituents is 1. The second-order valence-electron chi connectivity index (χ2n) is 12.6. The van der Waals surface area contributed by atoms with Crippen LogP contribution < -0.4 is 15.0 Å². The molecular weight excluding hydrogens is 548 g/mol. The lowest BCUT2D eigenvalue weighted by atomic mass is 9.93. The first-order valence-corrected chi connectivity index (χ1v) is 15.2. The molecular formula is C34H33F2N5O2. The van der Waals surface area contributed by atoms with E-state index in [1.807, 2.05) is 18.2 Å². The molecule has 2 unspecified atom stereocenters. The number of rotatable bonds is 5. The summed E-state index contributed by atoms with van der Waals surface area (Å²) in [6.07, 6.45) is 9.58. The van der Waals surface area contributed by atoms with Crippen molar-refractivity contribution in [1.29, 1.82) is 0 Å². The van der Waals surface area contributed by atoms with E-state index in [2.05, 4.69) is 21.0 Å². The molecule has 4 saturated heterocycles. The van der Waals surface area contributed by atoms with E-state index in [9.17, 15) is 13.9 Å². The molecule has 4 fully saturated rings. The summed E-state index contributed by atoms with van der Waals surface area (Å²) in [5, 5.41) is 16.3. The van der Waals surface area contributed by atoms with Gasteiger partial charge in [0, 0.05) is 48.9 Å². The highest BCUT2D eigenvalue weighted by molar-refractivity contribution is 6.03. The first-order valence-electron chi connectivity index (χ1n) is 15.2. The Kier molecular flexibility index (Phi) is 6.21. The van der Waals surface area contributed by atoms with Crippen molar-refractivity contribution in [3.63, 3.8) is 0 Å². The molecule has 1 aromatic heterocycles. The number of ether oxygens (including phenoxy) is 1. The molecule has 3 aromatic carbocycles. The number of nitrogens with one attached hydrogen (secondary N) is 1. The first kappa shape index (κ1) is 26.6. The lowest BCUT2D eigenvalue weighted by Crippen LogP contribution is -2.51. The summed E-state index contributed by atoms with van der Waals surface area (Å²) in [6, 6.07) is 13.1. The Bertz CT molecular complexity index is 1800. The van der Waals surface area contributed by atoms with Gasteiger partial charge in [-0.2, -0.15) is 9.97 Å². The molecule has 0 amide bonds. The van der Waals surface area contributed by atoms with Crippen molar-refractivity contribution >= 4 is 27.5 Å². The van der Waals surface area contributed by atoms with Crippen LogP contribution in [0.4, 0.5) is 14.6 Å². The highest BCUT2D eigenvalue weighted by Gasteiger charge is 2.49. The van der Waals surface area contributed by atoms with Crippen LogP contribution in [0.2, 0.25) is 0 Å². The van der Waals surface area contributed by atoms with E-state index in [1.54, 1.807) is 18.2 Å². The zero-order valence-electron chi connectivity index (χ0n) is 23.8. The monoisotopic (exact) mass is 581 g/mol. The fraction of sp³-hybridized carbons (Fsp3) is 0.412. The number of terminal acetylenes is 1. The van der Waals surface area contributed by atoms with Gasteiger partial charge in [0.05, 0.1) is 16.6 Å². The minimum absolute atomic E-state index is 0.0592. The third kappa shape index (κ3) is 4.47. The van der Waals surface area contributed by atoms with Crippen LogP contribution in [0.25, 0.3) is 32.8 Å². The van der Waals surface area contributed by atoms with Crippen molar-refractivity contribution in [2.24, 2.45) is 0 Å². The topological polar surface area (TPSA) is 73.8 Å². The highest BCUT2D eigenvalue weighted by Crippen LogP contribution is 2.41. The van der Waals surface area contributed by atoms with Gasteiger partial charge in [0.1, 0.15) is 30.2 Å². The predicted octanol–water partition coefficient (Wildman–Crippen LogP) is 5.17. The minimum Gasteiger partial charge on any atom is -0.508 e. The van der Waals surface area contributed by atoms with Crippen molar-refractivity contribution in [2.45, 2.75) is 55.9 Å². The van der Waals surface area contributed by atoms with Crippen LogP contribution in [0.3, 0.4) is 0 Å². The molecule has 43 heavy (non-hydrogen) atoms. The largest absolute Gasteiger partial charge is 0.508 e. The normalized spacial score (nSPS) is 26.7. The minimum atomic E-state index is -0.842. The van der Waals surface area contributed by atoms with Crippen molar-refractivity contribution < 1.29 is 18.6 Å². The second-order valence-corrected chi connectivity index (χ2v) is 12.6. The quantitative estimate of drug-likeness (QED) is 0.315. The molecule has 0 aliphatic carbocycles. The van der Waals surface area contributed by atoms with E-state index < -0.39 is 12.0 Å². The van der Waals surface area contributed by atoms with Crippen molar-refractivity contribution in [2.75, 3.05) is 37.7 Å². The van der Waals surface area contributed by atoms with Gasteiger partial charge < -0.3 is 20.1 Å². The number of fused-ring (bicyclic) bond motifs is 5. The second kappa shape index (κ2) is 10.0. The average molecular weight is 582 g/mol. The number of halogens is 2. The summed E-state index contributed by atoms with van der Waals surface area (Å²) < 4.78 is 35.6. The van der Waals surface area contributed by atoms with Gasteiger partial charge in [-0.25, -0.2) is 8.78 Å². The standard InChI is InChI=1S/C34H33F2N5O2/c1-2-26-29(36)9-5-21-12-25(42)14-28(31(21)26)20-4-8-27-30(13-20)38-33(39-32(27)40-17-23-6-7-24(18-40)37-23)43-19-34-10-3-11-41(34)16-22(35)15-34/h1,4-5,8-9,12-14,22-24,37,42H,3,6-7,10-11,15-19H2/t22-,23?,24?,34+/m1/s1. The fourth-order valence-electron chi connectivity index (χ4n) is 7.98. The highest BCUT2D eigenvalue weighted by atomic mass is 19.1. The number of hydrogen-bond donors (Lipinski definition) is 2. The third-order valence-corrected chi connectivity index (χ3v) is 9.91. The number of phenols is 1. The Balaban J connectivity index is 1.24. The number of alkyl halides is 1. The number of aromatic nitrogens is 2. The SMILES string of the molecule is C#Cc1c(F)ccc2cc(O)cc(-c3ccc4c(N5CC6CCC(C5)N6)nc(OC[C@@]56CCCN5C[C@H](F)C6)nc4c3)c12. The maximum atomic E-state index is 14.8. The summed E-state index contributed by atoms with van der Waals surface area (Å²) in [6.45, 7) is 3.36. The number of anilines is 1. The molecule has 4 aliphatic rings. The van der Waals surface area contributed by atoms with Crippen molar-refractivity contribution in [3.8, 4) is 35.2 Å². The summed E-state index contributed by atoms with van der Waals surface area (Å²) in [5.41, 5.74) is 1.87. The molecule has 8 rings (SSSR count). The van der Waals surface area contributed by atoms with Gasteiger partial charge in [0.25, 0.3) is 0 Å². The smallest absolute Gasteiger partial charge is 0.319 e. The van der Waals surface area contributed by atoms with Crippen LogP contribution in [0.5, 0.6) is 11.8 Å². The Hall–Kier alpha value is -4.00. The summed E-state index contributed by atoms with van der Waals surface area (Å²) in [5.74, 6) is 2.89. The fourth-order valence-corrected chi connectivity index (χ4v) is 7.98. The molecule has 9 heteroatoms. The maximum Gasteiger partial charge on any atom is 0.319 e. The number of nitrogens with zero attached hydrogens (tertiary/aromatic N) is 4. The Morgan fingerprint density at radius 1 is 1.09 bits per heavy atom. The maximum absolute atomic E-state index is 14.8. The van der Waals surface area contributed by atoms with E-state index in [0.717, 1.165) is 62.1 Å². The van der Waals surface area contributed by atoms with E-state index in [4.69, 9.17) is 21.1 Å². The molecule has 0 radical (unpaired) electrons. The molecule has 4 aliphatic heterocycles. The van der Waals surface area contributed by atoms with Gasteiger partial charge in [0.15, 0.2) is 0 Å². The number of aromatic hydroxyl groups is 1. The van der Waals surface area contributed by atoms with E-state index >= 15 is 0 Å². The first-order chi connectivity index (χ1) is 20.9. The van der Waals surface area contributed by atoms with Crippen LogP contribution in [-0.2, 0) is 0 Å². The molecule has 2 N–H and O–H groups in total. The van der Waals surface area contributed by atoms with E-state index in [1.165, 1.54) is 6.07 Å². The predicted molar refractivity (Wildman–Crippen MR) is 163 cm³/mol. The number of benzene rings is 3. The molecule has 4 aromatic rings. The molecule has 2 bridgehead atoms. The zero-order chi connectivity index (χ0) is 29.3. The van der Waals surface area contributed by atoms with Gasteiger partial charge in [-0.05, 0) is 79.1 Å². The van der Waals surface area contributed by atoms with Gasteiger partial charge in [-0.3, -0.25) is 4.90 Å². The van der Waals surface area contributed by atoms with E-state index in [-0.39, 0.29) is 22.9 Å². The number of piperazine rings is 1. The van der Waals surface area contributed by atoms with Gasteiger partial charge in [-0.1, -0.05) is 18.1 Å². The average Bonchev–Trinajstić information content (AvgIpc) is 3.65. The molecule has 0 saturated carbocycles. The van der Waals surface area contributed by atoms with Crippen LogP contribution in [0.15, 0.2) is 42.5 Å². The van der Waals surface area contributed by atoms with Crippen LogP contribution in [0, 0.1) is 18.2 Å². The molecule has 0 spiro atoms. The zero-order valence-corrected chi connectivity index (χ0v) is 23.8. The molecule has 4 atom stereocenters. The van der Waals surface area contributed by atoms with Gasteiger partial charge in [-0.15, -0.1) is 6.42 Å². The molecule has 220 valence electrons.